The molecule has 0 unspecified atom stereocenters. The number of aromatic nitrogens is 1. The van der Waals surface area contributed by atoms with Crippen LogP contribution >= 0.6 is 23.1 Å². The lowest BCUT2D eigenvalue weighted by Gasteiger charge is -2.34. The lowest BCUT2D eigenvalue weighted by Crippen LogP contribution is -2.51. The Morgan fingerprint density at radius 3 is 2.35 bits per heavy atom. The smallest absolute Gasteiger partial charge is 0.409 e. The van der Waals surface area contributed by atoms with Crippen LogP contribution in [0.3, 0.4) is 0 Å². The zero-order chi connectivity index (χ0) is 24.7. The molecule has 1 aliphatic heterocycles. The van der Waals surface area contributed by atoms with Gasteiger partial charge in [0.05, 0.1) is 40.5 Å². The molecule has 10 nitrogen and oxygen atoms in total. The van der Waals surface area contributed by atoms with Crippen LogP contribution in [0.2, 0.25) is 0 Å². The molecule has 184 valence electrons. The van der Waals surface area contributed by atoms with Crippen LogP contribution in [0.25, 0.3) is 10.2 Å². The number of aryl methyl sites for hydroxylation is 1. The zero-order valence-corrected chi connectivity index (χ0v) is 21.1. The van der Waals surface area contributed by atoms with Gasteiger partial charge in [0.25, 0.3) is 5.91 Å². The van der Waals surface area contributed by atoms with Gasteiger partial charge in [-0.25, -0.2) is 9.59 Å². The highest BCUT2D eigenvalue weighted by atomic mass is 32.2. The largest absolute Gasteiger partial charge is 0.462 e. The van der Waals surface area contributed by atoms with E-state index < -0.39 is 5.97 Å². The predicted molar refractivity (Wildman–Crippen MR) is 130 cm³/mol. The molecule has 0 spiro atoms. The normalized spacial score (nSPS) is 14.4. The van der Waals surface area contributed by atoms with Gasteiger partial charge < -0.3 is 23.8 Å². The number of hydrogen-bond donors (Lipinski definition) is 0. The molecule has 0 atom stereocenters. The van der Waals surface area contributed by atoms with Crippen molar-refractivity contribution in [1.82, 2.24) is 14.4 Å². The van der Waals surface area contributed by atoms with Crippen LogP contribution in [-0.4, -0.2) is 89.1 Å². The fraction of sp³-hybridized carbons (Fsp3) is 0.500. The Bertz CT molecular complexity index is 1130. The number of rotatable bonds is 7. The van der Waals surface area contributed by atoms with Crippen molar-refractivity contribution >= 4 is 57.2 Å². The molecule has 2 aromatic rings. The van der Waals surface area contributed by atoms with Crippen LogP contribution in [0.5, 0.6) is 0 Å². The van der Waals surface area contributed by atoms with E-state index in [1.165, 1.54) is 23.1 Å². The second-order valence-corrected chi connectivity index (χ2v) is 9.41. The molecule has 0 saturated carbocycles. The highest BCUT2D eigenvalue weighted by molar-refractivity contribution is 8.00. The van der Waals surface area contributed by atoms with Gasteiger partial charge >= 0.3 is 12.1 Å². The molecule has 1 aliphatic rings. The number of carbonyl (C=O) groups excluding carboxylic acids is 4. The monoisotopic (exact) mass is 508 g/mol. The molecule has 3 amide bonds. The third kappa shape index (κ3) is 6.38. The number of carbonyl (C=O) groups is 4. The first-order chi connectivity index (χ1) is 16.3. The van der Waals surface area contributed by atoms with E-state index in [0.717, 1.165) is 10.2 Å². The molecule has 12 heteroatoms. The van der Waals surface area contributed by atoms with Crippen LogP contribution in [0, 0.1) is 0 Å². The molecule has 0 bridgehead atoms. The standard InChI is InChI=1S/C22H28N4O6S2/c1-4-31-20(29)15-6-7-16-17(12-15)34-21(24(16)3)23-18(27)13-33-14-19(28)25-8-10-26(11-9-25)22(30)32-5-2/h6-7,12H,4-5,8-11,13-14H2,1-3H3. The highest BCUT2D eigenvalue weighted by Gasteiger charge is 2.24. The highest BCUT2D eigenvalue weighted by Crippen LogP contribution is 2.19. The molecule has 3 rings (SSSR count). The van der Waals surface area contributed by atoms with Gasteiger partial charge in [0.1, 0.15) is 0 Å². The summed E-state index contributed by atoms with van der Waals surface area (Å²) in [4.78, 5) is 56.5. The summed E-state index contributed by atoms with van der Waals surface area (Å²) in [7, 11) is 1.81. The SMILES string of the molecule is CCOC(=O)c1ccc2c(c1)sc(=NC(=O)CSCC(=O)N1CCN(C(=O)OCC)CC1)n2C. The van der Waals surface area contributed by atoms with Crippen molar-refractivity contribution in [2.24, 2.45) is 12.0 Å². The van der Waals surface area contributed by atoms with E-state index in [-0.39, 0.29) is 29.4 Å². The number of nitrogens with zero attached hydrogens (tertiary/aromatic N) is 4. The summed E-state index contributed by atoms with van der Waals surface area (Å²) in [6.45, 7) is 5.89. The van der Waals surface area contributed by atoms with Crippen LogP contribution in [0.1, 0.15) is 24.2 Å². The fourth-order valence-electron chi connectivity index (χ4n) is 3.39. The zero-order valence-electron chi connectivity index (χ0n) is 19.4. The summed E-state index contributed by atoms with van der Waals surface area (Å²) in [5.74, 6) is -0.546. The Hall–Kier alpha value is -2.86. The van der Waals surface area contributed by atoms with Gasteiger partial charge in [-0.15, -0.1) is 11.8 Å². The second-order valence-electron chi connectivity index (χ2n) is 7.41. The number of fused-ring (bicyclic) bond motifs is 1. The Labute approximate surface area is 205 Å². The molecule has 1 fully saturated rings. The Balaban J connectivity index is 1.53. The number of amides is 3. The van der Waals surface area contributed by atoms with Crippen molar-refractivity contribution in [2.45, 2.75) is 13.8 Å². The van der Waals surface area contributed by atoms with Crippen molar-refractivity contribution in [3.63, 3.8) is 0 Å². The molecule has 34 heavy (non-hydrogen) atoms. The van der Waals surface area contributed by atoms with Gasteiger partial charge in [0.2, 0.25) is 5.91 Å². The van der Waals surface area contributed by atoms with Crippen LogP contribution < -0.4 is 4.80 Å². The molecule has 1 aromatic heterocycles. The number of piperazine rings is 1. The van der Waals surface area contributed by atoms with E-state index in [9.17, 15) is 19.2 Å². The minimum atomic E-state index is -0.390. The van der Waals surface area contributed by atoms with Crippen molar-refractivity contribution in [1.29, 1.82) is 0 Å². The average Bonchev–Trinajstić information content (AvgIpc) is 3.13. The van der Waals surface area contributed by atoms with E-state index in [1.807, 2.05) is 7.05 Å². The van der Waals surface area contributed by atoms with Crippen LogP contribution in [-0.2, 0) is 26.1 Å². The Morgan fingerprint density at radius 1 is 1.00 bits per heavy atom. The number of ether oxygens (including phenoxy) is 2. The molecule has 0 aliphatic carbocycles. The Morgan fingerprint density at radius 2 is 1.68 bits per heavy atom. The summed E-state index contributed by atoms with van der Waals surface area (Å²) in [5, 5.41) is 0. The third-order valence-corrected chi connectivity index (χ3v) is 7.15. The van der Waals surface area contributed by atoms with Crippen molar-refractivity contribution < 1.29 is 28.7 Å². The van der Waals surface area contributed by atoms with Crippen molar-refractivity contribution in [3.05, 3.63) is 28.6 Å². The molecular formula is C22H28N4O6S2. The molecule has 0 radical (unpaired) electrons. The summed E-state index contributed by atoms with van der Waals surface area (Å²) < 4.78 is 12.6. The number of benzene rings is 1. The average molecular weight is 509 g/mol. The fourth-order valence-corrected chi connectivity index (χ4v) is 5.16. The van der Waals surface area contributed by atoms with Gasteiger partial charge in [0, 0.05) is 33.2 Å². The van der Waals surface area contributed by atoms with E-state index in [2.05, 4.69) is 4.99 Å². The topological polar surface area (TPSA) is 111 Å². The maximum Gasteiger partial charge on any atom is 0.409 e. The maximum atomic E-state index is 12.4. The lowest BCUT2D eigenvalue weighted by molar-refractivity contribution is -0.129. The summed E-state index contributed by atoms with van der Waals surface area (Å²) in [6, 6.07) is 5.22. The van der Waals surface area contributed by atoms with E-state index in [4.69, 9.17) is 9.47 Å². The summed E-state index contributed by atoms with van der Waals surface area (Å²) >= 11 is 2.53. The molecular weight excluding hydrogens is 480 g/mol. The first kappa shape index (κ1) is 25.8. The van der Waals surface area contributed by atoms with Gasteiger partial charge in [-0.1, -0.05) is 11.3 Å². The predicted octanol–water partition coefficient (Wildman–Crippen LogP) is 1.88. The summed E-state index contributed by atoms with van der Waals surface area (Å²) in [5.41, 5.74) is 1.31. The van der Waals surface area contributed by atoms with Crippen molar-refractivity contribution in [3.8, 4) is 0 Å². The number of thiazole rings is 1. The number of thioether (sulfide) groups is 1. The van der Waals surface area contributed by atoms with Gasteiger partial charge in [-0.2, -0.15) is 4.99 Å². The first-order valence-corrected chi connectivity index (χ1v) is 12.9. The van der Waals surface area contributed by atoms with E-state index >= 15 is 0 Å². The van der Waals surface area contributed by atoms with Gasteiger partial charge in [-0.3, -0.25) is 9.59 Å². The van der Waals surface area contributed by atoms with Gasteiger partial charge in [0.15, 0.2) is 4.80 Å². The molecule has 0 N–H and O–H groups in total. The summed E-state index contributed by atoms with van der Waals surface area (Å²) in [6.07, 6.45) is -0.359. The maximum absolute atomic E-state index is 12.4. The van der Waals surface area contributed by atoms with Gasteiger partial charge in [-0.05, 0) is 32.0 Å². The second kappa shape index (κ2) is 12.0. The molecule has 1 saturated heterocycles. The lowest BCUT2D eigenvalue weighted by atomic mass is 10.2. The minimum absolute atomic E-state index is 0.0692. The number of hydrogen-bond acceptors (Lipinski definition) is 8. The van der Waals surface area contributed by atoms with Crippen LogP contribution in [0.4, 0.5) is 4.79 Å². The minimum Gasteiger partial charge on any atom is -0.462 e. The van der Waals surface area contributed by atoms with Crippen LogP contribution in [0.15, 0.2) is 23.2 Å². The first-order valence-electron chi connectivity index (χ1n) is 11.0. The quantitative estimate of drug-likeness (QED) is 0.525. The molecule has 2 heterocycles. The number of esters is 1. The van der Waals surface area contributed by atoms with Crippen molar-refractivity contribution in [2.75, 3.05) is 50.9 Å². The Kier molecular flexibility index (Phi) is 9.11. The molecule has 1 aromatic carbocycles. The van der Waals surface area contributed by atoms with E-state index in [1.54, 1.807) is 46.4 Å². The van der Waals surface area contributed by atoms with E-state index in [0.29, 0.717) is 49.8 Å². The third-order valence-electron chi connectivity index (χ3n) is 5.15.